The average molecular weight is 487 g/mol. The minimum Gasteiger partial charge on any atom is -0.293 e. The maximum atomic E-state index is 13.9. The lowest BCUT2D eigenvalue weighted by Crippen LogP contribution is -2.24. The Kier molecular flexibility index (Phi) is 3.84. The summed E-state index contributed by atoms with van der Waals surface area (Å²) in [5.41, 5.74) is 10.7. The monoisotopic (exact) mass is 486 g/mol. The summed E-state index contributed by atoms with van der Waals surface area (Å²) in [5.74, 6) is 1.05. The largest absolute Gasteiger partial charge is 0.293 e. The number of hydrogen-bond acceptors (Lipinski definition) is 3. The van der Waals surface area contributed by atoms with E-state index < -0.39 is 9.84 Å². The number of aryl methyl sites for hydroxylation is 1. The fraction of sp³-hybridized carbons (Fsp3) is 0.129. The molecule has 3 aromatic rings. The van der Waals surface area contributed by atoms with Gasteiger partial charge in [0, 0.05) is 17.9 Å². The van der Waals surface area contributed by atoms with Crippen molar-refractivity contribution < 1.29 is 8.42 Å². The van der Waals surface area contributed by atoms with Gasteiger partial charge in [-0.25, -0.2) is 13.4 Å². The molecule has 1 unspecified atom stereocenters. The molecule has 8 rings (SSSR count). The SMILES string of the molecule is CCc1nc2cccc3c2n1-c1c(C2=CC4=C5C(=CC=C6C=CC=C2C65)C=CC4)cccc1S3(=O)=O. The number of allylic oxidation sites excluding steroid dienone is 14. The molecule has 0 N–H and O–H groups in total. The quantitative estimate of drug-likeness (QED) is 0.331. The van der Waals surface area contributed by atoms with Gasteiger partial charge in [0.2, 0.25) is 9.84 Å². The number of nitrogens with zero attached hydrogens (tertiary/aromatic N) is 2. The van der Waals surface area contributed by atoms with Gasteiger partial charge in [0.25, 0.3) is 0 Å². The second kappa shape index (κ2) is 6.83. The Labute approximate surface area is 209 Å². The fourth-order valence-electron chi connectivity index (χ4n) is 6.51. The molecule has 4 aliphatic carbocycles. The molecular formula is C31H22N2O2S. The van der Waals surface area contributed by atoms with Gasteiger partial charge >= 0.3 is 0 Å². The molecule has 0 amide bonds. The summed E-state index contributed by atoms with van der Waals surface area (Å²) >= 11 is 0. The van der Waals surface area contributed by atoms with Crippen molar-refractivity contribution in [1.29, 1.82) is 0 Å². The van der Waals surface area contributed by atoms with Crippen LogP contribution in [-0.2, 0) is 16.3 Å². The molecule has 4 nitrogen and oxygen atoms in total. The predicted molar refractivity (Wildman–Crippen MR) is 142 cm³/mol. The second-order valence-corrected chi connectivity index (χ2v) is 11.7. The van der Waals surface area contributed by atoms with Gasteiger partial charge < -0.3 is 0 Å². The first-order valence-corrected chi connectivity index (χ1v) is 13.9. The van der Waals surface area contributed by atoms with Crippen LogP contribution in [0, 0.1) is 5.92 Å². The van der Waals surface area contributed by atoms with Crippen LogP contribution in [0.1, 0.15) is 24.7 Å². The second-order valence-electron chi connectivity index (χ2n) is 9.80. The molecule has 174 valence electrons. The summed E-state index contributed by atoms with van der Waals surface area (Å²) < 4.78 is 29.9. The third-order valence-electron chi connectivity index (χ3n) is 7.99. The minimum absolute atomic E-state index is 0.173. The van der Waals surface area contributed by atoms with Crippen molar-refractivity contribution in [1.82, 2.24) is 9.55 Å². The zero-order chi connectivity index (χ0) is 24.2. The van der Waals surface area contributed by atoms with Gasteiger partial charge in [0.15, 0.2) is 0 Å². The van der Waals surface area contributed by atoms with Crippen LogP contribution in [0.2, 0.25) is 0 Å². The van der Waals surface area contributed by atoms with Crippen molar-refractivity contribution in [3.63, 3.8) is 0 Å². The van der Waals surface area contributed by atoms with E-state index in [1.165, 1.54) is 27.9 Å². The molecule has 0 saturated heterocycles. The number of rotatable bonds is 2. The molecule has 36 heavy (non-hydrogen) atoms. The van der Waals surface area contributed by atoms with Crippen LogP contribution in [0.3, 0.4) is 0 Å². The lowest BCUT2D eigenvalue weighted by molar-refractivity contribution is 0.594. The number of imidazole rings is 1. The maximum Gasteiger partial charge on any atom is 0.210 e. The highest BCUT2D eigenvalue weighted by Crippen LogP contribution is 2.53. The van der Waals surface area contributed by atoms with Crippen LogP contribution in [0.15, 0.2) is 123 Å². The lowest BCUT2D eigenvalue weighted by atomic mass is 9.66. The number of para-hydroxylation sites is 2. The highest BCUT2D eigenvalue weighted by Gasteiger charge is 2.39. The Morgan fingerprint density at radius 2 is 1.89 bits per heavy atom. The smallest absolute Gasteiger partial charge is 0.210 e. The van der Waals surface area contributed by atoms with E-state index >= 15 is 0 Å². The van der Waals surface area contributed by atoms with Crippen LogP contribution >= 0.6 is 0 Å². The molecule has 5 heteroatoms. The first-order valence-electron chi connectivity index (χ1n) is 12.4. The van der Waals surface area contributed by atoms with Gasteiger partial charge in [-0.2, -0.15) is 0 Å². The summed E-state index contributed by atoms with van der Waals surface area (Å²) in [6.07, 6.45) is 19.3. The van der Waals surface area contributed by atoms with Gasteiger partial charge in [-0.1, -0.05) is 73.7 Å². The van der Waals surface area contributed by atoms with Gasteiger partial charge in [0.05, 0.1) is 26.5 Å². The lowest BCUT2D eigenvalue weighted by Gasteiger charge is -2.38. The number of benzene rings is 2. The molecule has 0 spiro atoms. The van der Waals surface area contributed by atoms with E-state index in [1.54, 1.807) is 18.2 Å². The third kappa shape index (κ3) is 2.39. The highest BCUT2D eigenvalue weighted by atomic mass is 32.2. The van der Waals surface area contributed by atoms with Crippen molar-refractivity contribution in [3.05, 3.63) is 124 Å². The Morgan fingerprint density at radius 1 is 1.03 bits per heavy atom. The molecule has 1 aromatic heterocycles. The molecule has 1 atom stereocenters. The molecule has 0 radical (unpaired) electrons. The standard InChI is InChI=1S/C31H22N2O2S/c1-2-27-32-24-12-6-14-26-31(24)33(27)30-22(11-5-13-25(30)36(26,34)35)23-17-20-9-3-7-18-15-16-19-8-4-10-21(23)29(19)28(18)20/h3-8,10-17,29H,2,9H2,1H3. The van der Waals surface area contributed by atoms with E-state index in [0.29, 0.717) is 21.7 Å². The average Bonchev–Trinajstić information content (AvgIpc) is 3.29. The van der Waals surface area contributed by atoms with E-state index in [2.05, 4.69) is 66.2 Å². The predicted octanol–water partition coefficient (Wildman–Crippen LogP) is 6.37. The molecule has 0 saturated carbocycles. The van der Waals surface area contributed by atoms with Gasteiger partial charge in [0.1, 0.15) is 5.82 Å². The summed E-state index contributed by atoms with van der Waals surface area (Å²) in [6.45, 7) is 2.07. The summed E-state index contributed by atoms with van der Waals surface area (Å²) in [7, 11) is -3.69. The fourth-order valence-corrected chi connectivity index (χ4v) is 8.17. The Morgan fingerprint density at radius 3 is 2.78 bits per heavy atom. The van der Waals surface area contributed by atoms with Crippen molar-refractivity contribution in [2.24, 2.45) is 5.92 Å². The molecule has 2 heterocycles. The summed E-state index contributed by atoms with van der Waals surface area (Å²) in [4.78, 5) is 5.54. The van der Waals surface area contributed by atoms with Gasteiger partial charge in [-0.3, -0.25) is 4.57 Å². The molecule has 0 bridgehead atoms. The normalized spacial score (nSPS) is 22.0. The molecular weight excluding hydrogens is 464 g/mol. The number of hydrogen-bond donors (Lipinski definition) is 0. The van der Waals surface area contributed by atoms with Crippen molar-refractivity contribution >= 4 is 26.4 Å². The van der Waals surface area contributed by atoms with Crippen LogP contribution in [0.5, 0.6) is 0 Å². The van der Waals surface area contributed by atoms with Crippen LogP contribution in [0.25, 0.3) is 22.3 Å². The Balaban J connectivity index is 1.49. The summed E-state index contributed by atoms with van der Waals surface area (Å²) in [6, 6.07) is 11.1. The maximum absolute atomic E-state index is 13.9. The van der Waals surface area contributed by atoms with E-state index in [-0.39, 0.29) is 5.92 Å². The van der Waals surface area contributed by atoms with Crippen LogP contribution in [0.4, 0.5) is 0 Å². The first kappa shape index (κ1) is 20.3. The molecule has 0 fully saturated rings. The topological polar surface area (TPSA) is 52.0 Å². The van der Waals surface area contributed by atoms with Crippen LogP contribution in [-0.4, -0.2) is 18.0 Å². The molecule has 5 aliphatic rings. The highest BCUT2D eigenvalue weighted by molar-refractivity contribution is 7.92. The number of aromatic nitrogens is 2. The molecule has 1 aliphatic heterocycles. The van der Waals surface area contributed by atoms with Crippen molar-refractivity contribution in [2.45, 2.75) is 29.6 Å². The number of sulfone groups is 1. The van der Waals surface area contributed by atoms with E-state index in [9.17, 15) is 8.42 Å². The van der Waals surface area contributed by atoms with E-state index in [4.69, 9.17) is 4.98 Å². The van der Waals surface area contributed by atoms with Gasteiger partial charge in [-0.05, 0) is 58.1 Å². The van der Waals surface area contributed by atoms with E-state index in [1.807, 2.05) is 12.1 Å². The van der Waals surface area contributed by atoms with Gasteiger partial charge in [-0.15, -0.1) is 0 Å². The van der Waals surface area contributed by atoms with E-state index in [0.717, 1.165) is 34.6 Å². The molecule has 2 aromatic carbocycles. The zero-order valence-corrected chi connectivity index (χ0v) is 20.5. The Bertz CT molecular complexity index is 1900. The number of fused-ring (bicyclic) bond motifs is 2. The minimum atomic E-state index is -3.69. The van der Waals surface area contributed by atoms with Crippen LogP contribution < -0.4 is 0 Å². The third-order valence-corrected chi connectivity index (χ3v) is 9.81. The zero-order valence-electron chi connectivity index (χ0n) is 19.7. The Hall–Kier alpha value is -3.96. The van der Waals surface area contributed by atoms with Crippen molar-refractivity contribution in [3.8, 4) is 5.69 Å². The van der Waals surface area contributed by atoms with Crippen molar-refractivity contribution in [2.75, 3.05) is 0 Å². The summed E-state index contributed by atoms with van der Waals surface area (Å²) in [5, 5.41) is 0. The first-order chi connectivity index (χ1) is 17.6.